The molecule has 0 aliphatic rings. The number of benzene rings is 2. The number of non-ortho nitro benzene ring substituents is 1. The minimum Gasteiger partial charge on any atom is -0.497 e. The number of fused-ring (bicyclic) bond motifs is 1. The molecule has 2 heterocycles. The average molecular weight is 347 g/mol. The first kappa shape index (κ1) is 15.7. The molecule has 0 fully saturated rings. The number of hydrogen-bond donors (Lipinski definition) is 0. The molecule has 0 aliphatic carbocycles. The van der Waals surface area contributed by atoms with Crippen molar-refractivity contribution in [3.63, 3.8) is 0 Å². The lowest BCUT2D eigenvalue weighted by Crippen LogP contribution is -1.93. The van der Waals surface area contributed by atoms with Crippen molar-refractivity contribution in [2.75, 3.05) is 7.11 Å². The summed E-state index contributed by atoms with van der Waals surface area (Å²) in [5, 5.41) is 18.9. The van der Waals surface area contributed by atoms with Gasteiger partial charge in [-0.1, -0.05) is 0 Å². The van der Waals surface area contributed by atoms with E-state index < -0.39 is 4.92 Å². The third-order valence-electron chi connectivity index (χ3n) is 4.04. The van der Waals surface area contributed by atoms with Gasteiger partial charge in [0, 0.05) is 29.5 Å². The van der Waals surface area contributed by atoms with E-state index in [4.69, 9.17) is 4.74 Å². The molecule has 0 bridgehead atoms. The molecule has 2 aromatic heterocycles. The Kier molecular flexibility index (Phi) is 3.77. The summed E-state index contributed by atoms with van der Waals surface area (Å²) in [5.74, 6) is 1.20. The summed E-state index contributed by atoms with van der Waals surface area (Å²) in [5.41, 5.74) is 3.21. The summed E-state index contributed by atoms with van der Waals surface area (Å²) in [6, 6.07) is 13.9. The highest BCUT2D eigenvalue weighted by molar-refractivity contribution is 5.81. The summed E-state index contributed by atoms with van der Waals surface area (Å²) in [6.07, 6.45) is 3.33. The van der Waals surface area contributed by atoms with Crippen LogP contribution in [0.25, 0.3) is 28.3 Å². The van der Waals surface area contributed by atoms with Gasteiger partial charge < -0.3 is 4.74 Å². The molecule has 4 aromatic rings. The van der Waals surface area contributed by atoms with Crippen LogP contribution in [0, 0.1) is 10.1 Å². The maximum atomic E-state index is 10.9. The molecule has 8 heteroatoms. The second kappa shape index (κ2) is 6.25. The monoisotopic (exact) mass is 347 g/mol. The van der Waals surface area contributed by atoms with Crippen molar-refractivity contribution in [1.82, 2.24) is 19.6 Å². The summed E-state index contributed by atoms with van der Waals surface area (Å²) < 4.78 is 7.02. The molecule has 0 atom stereocenters. The maximum absolute atomic E-state index is 10.9. The fourth-order valence-electron chi connectivity index (χ4n) is 2.78. The molecule has 0 unspecified atom stereocenters. The Morgan fingerprint density at radius 2 is 1.73 bits per heavy atom. The molecule has 0 aliphatic heterocycles. The molecular formula is C18H13N5O3. The van der Waals surface area contributed by atoms with Crippen LogP contribution in [0.2, 0.25) is 0 Å². The maximum Gasteiger partial charge on any atom is 0.269 e. The fourth-order valence-corrected chi connectivity index (χ4v) is 2.78. The number of ether oxygens (including phenoxy) is 1. The van der Waals surface area contributed by atoms with Crippen LogP contribution in [0.5, 0.6) is 5.75 Å². The van der Waals surface area contributed by atoms with Gasteiger partial charge in [-0.15, -0.1) is 5.10 Å². The first-order chi connectivity index (χ1) is 12.7. The van der Waals surface area contributed by atoms with Gasteiger partial charge >= 0.3 is 0 Å². The number of methoxy groups -OCH3 is 1. The van der Waals surface area contributed by atoms with Gasteiger partial charge in [0.25, 0.3) is 11.5 Å². The molecule has 0 saturated heterocycles. The average Bonchev–Trinajstić information content (AvgIpc) is 3.07. The van der Waals surface area contributed by atoms with Gasteiger partial charge in [0.1, 0.15) is 5.75 Å². The summed E-state index contributed by atoms with van der Waals surface area (Å²) in [7, 11) is 1.61. The van der Waals surface area contributed by atoms with Crippen LogP contribution in [0.1, 0.15) is 0 Å². The number of nitrogens with zero attached hydrogens (tertiary/aromatic N) is 5. The number of nitro benzene ring substituents is 1. The Morgan fingerprint density at radius 3 is 2.38 bits per heavy atom. The third kappa shape index (κ3) is 2.63. The molecule has 0 amide bonds. The Hall–Kier alpha value is -3.81. The normalized spacial score (nSPS) is 10.8. The lowest BCUT2D eigenvalue weighted by atomic mass is 10.0. The van der Waals surface area contributed by atoms with Crippen molar-refractivity contribution in [2.24, 2.45) is 0 Å². The van der Waals surface area contributed by atoms with E-state index in [-0.39, 0.29) is 5.69 Å². The predicted octanol–water partition coefficient (Wildman–Crippen LogP) is 3.38. The van der Waals surface area contributed by atoms with Crippen LogP contribution in [0.15, 0.2) is 60.9 Å². The minimum absolute atomic E-state index is 0.0355. The molecule has 0 N–H and O–H groups in total. The van der Waals surface area contributed by atoms with E-state index in [2.05, 4.69) is 15.2 Å². The van der Waals surface area contributed by atoms with E-state index >= 15 is 0 Å². The third-order valence-corrected chi connectivity index (χ3v) is 4.04. The Labute approximate surface area is 147 Å². The van der Waals surface area contributed by atoms with Gasteiger partial charge in [-0.25, -0.2) is 4.98 Å². The summed E-state index contributed by atoms with van der Waals surface area (Å²) in [6.45, 7) is 0. The molecule has 0 saturated carbocycles. The highest BCUT2D eigenvalue weighted by Gasteiger charge is 2.17. The van der Waals surface area contributed by atoms with Crippen molar-refractivity contribution in [3.8, 4) is 28.3 Å². The van der Waals surface area contributed by atoms with Crippen LogP contribution in [0.3, 0.4) is 0 Å². The highest BCUT2D eigenvalue weighted by Crippen LogP contribution is 2.33. The second-order valence-electron chi connectivity index (χ2n) is 5.53. The van der Waals surface area contributed by atoms with Crippen LogP contribution in [-0.4, -0.2) is 31.6 Å². The van der Waals surface area contributed by atoms with Crippen LogP contribution in [0.4, 0.5) is 5.69 Å². The number of imidazole rings is 1. The molecule has 128 valence electrons. The second-order valence-corrected chi connectivity index (χ2v) is 5.53. The van der Waals surface area contributed by atoms with Crippen LogP contribution >= 0.6 is 0 Å². The number of rotatable bonds is 4. The largest absolute Gasteiger partial charge is 0.497 e. The highest BCUT2D eigenvalue weighted by atomic mass is 16.6. The predicted molar refractivity (Wildman–Crippen MR) is 94.9 cm³/mol. The summed E-state index contributed by atoms with van der Waals surface area (Å²) >= 11 is 0. The smallest absolute Gasteiger partial charge is 0.269 e. The van der Waals surface area contributed by atoms with E-state index in [0.717, 1.165) is 22.6 Å². The molecular weight excluding hydrogens is 334 g/mol. The zero-order chi connectivity index (χ0) is 18.1. The first-order valence-electron chi connectivity index (χ1n) is 7.76. The van der Waals surface area contributed by atoms with E-state index in [1.165, 1.54) is 12.1 Å². The first-order valence-corrected chi connectivity index (χ1v) is 7.76. The van der Waals surface area contributed by atoms with Crippen molar-refractivity contribution in [2.45, 2.75) is 0 Å². The van der Waals surface area contributed by atoms with Crippen molar-refractivity contribution in [3.05, 3.63) is 71.0 Å². The number of nitro groups is 1. The zero-order valence-corrected chi connectivity index (χ0v) is 13.7. The number of aromatic nitrogens is 4. The lowest BCUT2D eigenvalue weighted by Gasteiger charge is -2.06. The molecule has 26 heavy (non-hydrogen) atoms. The van der Waals surface area contributed by atoms with Crippen molar-refractivity contribution in [1.29, 1.82) is 0 Å². The van der Waals surface area contributed by atoms with E-state index in [1.807, 2.05) is 28.7 Å². The minimum atomic E-state index is -0.422. The SMILES string of the molecule is COc1ccc(-c2nc3nnccn3c2-c2ccc([N+](=O)[O-])cc2)cc1. The van der Waals surface area contributed by atoms with Crippen LogP contribution < -0.4 is 4.74 Å². The summed E-state index contributed by atoms with van der Waals surface area (Å²) in [4.78, 5) is 15.1. The fraction of sp³-hybridized carbons (Fsp3) is 0.0556. The van der Waals surface area contributed by atoms with Crippen LogP contribution in [-0.2, 0) is 0 Å². The van der Waals surface area contributed by atoms with E-state index in [9.17, 15) is 10.1 Å². The number of hydrogen-bond acceptors (Lipinski definition) is 6. The van der Waals surface area contributed by atoms with Gasteiger partial charge in [0.15, 0.2) is 0 Å². The molecule has 2 aromatic carbocycles. The van der Waals surface area contributed by atoms with Gasteiger partial charge in [-0.2, -0.15) is 5.10 Å². The zero-order valence-electron chi connectivity index (χ0n) is 13.7. The van der Waals surface area contributed by atoms with Gasteiger partial charge in [-0.3, -0.25) is 14.5 Å². The quantitative estimate of drug-likeness (QED) is 0.415. The van der Waals surface area contributed by atoms with Crippen molar-refractivity contribution < 1.29 is 9.66 Å². The Balaban J connectivity index is 1.92. The van der Waals surface area contributed by atoms with Crippen molar-refractivity contribution >= 4 is 11.5 Å². The Morgan fingerprint density at radius 1 is 1.04 bits per heavy atom. The van der Waals surface area contributed by atoms with Gasteiger partial charge in [0.05, 0.1) is 29.6 Å². The standard InChI is InChI=1S/C18H13N5O3/c1-26-15-8-4-12(5-9-15)16-17(22-11-10-19-21-18(22)20-16)13-2-6-14(7-3-13)23(24)25/h2-11H,1H3. The Bertz CT molecular complexity index is 1090. The molecule has 8 nitrogen and oxygen atoms in total. The lowest BCUT2D eigenvalue weighted by molar-refractivity contribution is -0.384. The van der Waals surface area contributed by atoms with Gasteiger partial charge in [0.2, 0.25) is 0 Å². The molecule has 0 spiro atoms. The molecule has 4 rings (SSSR count). The topological polar surface area (TPSA) is 95.5 Å². The molecule has 0 radical (unpaired) electrons. The van der Waals surface area contributed by atoms with E-state index in [1.54, 1.807) is 31.6 Å². The van der Waals surface area contributed by atoms with Gasteiger partial charge in [-0.05, 0) is 36.4 Å². The van der Waals surface area contributed by atoms with E-state index in [0.29, 0.717) is 11.5 Å².